The monoisotopic (exact) mass is 544 g/mol. The van der Waals surface area contributed by atoms with Crippen molar-refractivity contribution >= 4 is 5.97 Å². The molecule has 0 saturated carbocycles. The first-order valence-electron chi connectivity index (χ1n) is 15.4. The van der Waals surface area contributed by atoms with Crippen molar-refractivity contribution in [3.63, 3.8) is 0 Å². The van der Waals surface area contributed by atoms with E-state index in [9.17, 15) is 4.79 Å². The number of rotatable bonds is 19. The minimum atomic E-state index is -0.275. The maximum atomic E-state index is 11.9. The van der Waals surface area contributed by atoms with Crippen LogP contribution in [0.5, 0.6) is 5.75 Å². The summed E-state index contributed by atoms with van der Waals surface area (Å²) in [5.41, 5.74) is 4.46. The van der Waals surface area contributed by atoms with E-state index in [0.717, 1.165) is 53.9 Å². The van der Waals surface area contributed by atoms with E-state index in [-0.39, 0.29) is 12.1 Å². The molecule has 0 aliphatic carbocycles. The molecule has 5 nitrogen and oxygen atoms in total. The second kappa shape index (κ2) is 18.2. The topological polar surface area (TPSA) is 61.3 Å². The highest BCUT2D eigenvalue weighted by molar-refractivity contribution is 5.69. The van der Waals surface area contributed by atoms with Gasteiger partial charge >= 0.3 is 5.97 Å². The number of aromatic nitrogens is 2. The van der Waals surface area contributed by atoms with E-state index in [1.807, 2.05) is 43.6 Å². The number of aryl methyl sites for hydroxylation is 1. The summed E-state index contributed by atoms with van der Waals surface area (Å²) in [5.74, 6) is 1.37. The van der Waals surface area contributed by atoms with Crippen molar-refractivity contribution in [3.8, 4) is 28.3 Å². The molecule has 0 bridgehead atoms. The minimum absolute atomic E-state index is 0.150. The molecular formula is C35H48N2O3. The van der Waals surface area contributed by atoms with Gasteiger partial charge in [-0.2, -0.15) is 0 Å². The SMILES string of the molecule is CCCCCCCCCCc1cnc(-c2ccc(-c3ccc(OCC(C)OC(=O)CCCCC)cc3)cc2)nc1. The van der Waals surface area contributed by atoms with Crippen molar-refractivity contribution < 1.29 is 14.3 Å². The number of hydrogen-bond acceptors (Lipinski definition) is 5. The molecule has 0 aliphatic heterocycles. The Kier molecular flexibility index (Phi) is 14.2. The molecular weight excluding hydrogens is 496 g/mol. The number of carbonyl (C=O) groups is 1. The van der Waals surface area contributed by atoms with Crippen molar-refractivity contribution in [1.82, 2.24) is 9.97 Å². The lowest BCUT2D eigenvalue weighted by Crippen LogP contribution is -2.21. The average Bonchev–Trinajstić information content (AvgIpc) is 2.98. The van der Waals surface area contributed by atoms with Crippen LogP contribution in [0, 0.1) is 0 Å². The van der Waals surface area contributed by atoms with E-state index < -0.39 is 0 Å². The third-order valence-electron chi connectivity index (χ3n) is 7.16. The van der Waals surface area contributed by atoms with Gasteiger partial charge in [0.15, 0.2) is 5.82 Å². The molecule has 40 heavy (non-hydrogen) atoms. The van der Waals surface area contributed by atoms with Crippen LogP contribution < -0.4 is 4.74 Å². The zero-order chi connectivity index (χ0) is 28.4. The van der Waals surface area contributed by atoms with Crippen LogP contribution in [-0.2, 0) is 16.0 Å². The Labute approximate surface area is 241 Å². The Hall–Kier alpha value is -3.21. The molecule has 2 aromatic carbocycles. The minimum Gasteiger partial charge on any atom is -0.490 e. The fourth-order valence-electron chi connectivity index (χ4n) is 4.70. The molecule has 1 atom stereocenters. The standard InChI is InChI=1S/C35H48N2O3/c1-4-6-8-9-10-11-12-14-15-29-25-36-35(37-26-29)32-19-17-30(18-20-32)31-21-23-33(24-22-31)39-27-28(3)40-34(38)16-13-7-5-2/h17-26,28H,4-16,27H2,1-3H3. The summed E-state index contributed by atoms with van der Waals surface area (Å²) < 4.78 is 11.3. The number of unbranched alkanes of at least 4 members (excludes halogenated alkanes) is 9. The highest BCUT2D eigenvalue weighted by Gasteiger charge is 2.10. The number of hydrogen-bond donors (Lipinski definition) is 0. The predicted octanol–water partition coefficient (Wildman–Crippen LogP) is 9.38. The second-order valence-corrected chi connectivity index (χ2v) is 10.8. The molecule has 216 valence electrons. The molecule has 5 heteroatoms. The van der Waals surface area contributed by atoms with Crippen LogP contribution in [0.4, 0.5) is 0 Å². The molecule has 0 fully saturated rings. The third kappa shape index (κ3) is 11.5. The maximum absolute atomic E-state index is 11.9. The summed E-state index contributed by atoms with van der Waals surface area (Å²) in [7, 11) is 0. The molecule has 0 N–H and O–H groups in total. The van der Waals surface area contributed by atoms with Crippen LogP contribution in [0.15, 0.2) is 60.9 Å². The highest BCUT2D eigenvalue weighted by Crippen LogP contribution is 2.25. The van der Waals surface area contributed by atoms with Gasteiger partial charge in [0.2, 0.25) is 0 Å². The Morgan fingerprint density at radius 1 is 0.700 bits per heavy atom. The van der Waals surface area contributed by atoms with Crippen LogP contribution in [-0.4, -0.2) is 28.6 Å². The van der Waals surface area contributed by atoms with Crippen LogP contribution >= 0.6 is 0 Å². The highest BCUT2D eigenvalue weighted by atomic mass is 16.6. The summed E-state index contributed by atoms with van der Waals surface area (Å²) >= 11 is 0. The lowest BCUT2D eigenvalue weighted by atomic mass is 10.0. The largest absolute Gasteiger partial charge is 0.490 e. The number of ether oxygens (including phenoxy) is 2. The van der Waals surface area contributed by atoms with Crippen molar-refractivity contribution in [2.75, 3.05) is 6.61 Å². The van der Waals surface area contributed by atoms with Gasteiger partial charge in [0.05, 0.1) is 0 Å². The van der Waals surface area contributed by atoms with Crippen LogP contribution in [0.25, 0.3) is 22.5 Å². The Bertz CT molecular complexity index is 1090. The first-order chi connectivity index (χ1) is 19.6. The third-order valence-corrected chi connectivity index (χ3v) is 7.16. The van der Waals surface area contributed by atoms with Gasteiger partial charge in [-0.3, -0.25) is 4.79 Å². The Morgan fingerprint density at radius 3 is 1.85 bits per heavy atom. The summed E-state index contributed by atoms with van der Waals surface area (Å²) in [5, 5.41) is 0. The fourth-order valence-corrected chi connectivity index (χ4v) is 4.70. The first kappa shape index (κ1) is 31.3. The zero-order valence-corrected chi connectivity index (χ0v) is 24.9. The van der Waals surface area contributed by atoms with Crippen molar-refractivity contribution in [2.45, 2.75) is 110 Å². The van der Waals surface area contributed by atoms with Gasteiger partial charge < -0.3 is 9.47 Å². The van der Waals surface area contributed by atoms with Crippen LogP contribution in [0.1, 0.15) is 103 Å². The van der Waals surface area contributed by atoms with Gasteiger partial charge in [-0.15, -0.1) is 0 Å². The Morgan fingerprint density at radius 2 is 1.23 bits per heavy atom. The smallest absolute Gasteiger partial charge is 0.306 e. The van der Waals surface area contributed by atoms with Crippen molar-refractivity contribution in [1.29, 1.82) is 0 Å². The maximum Gasteiger partial charge on any atom is 0.306 e. The molecule has 0 radical (unpaired) electrons. The number of esters is 1. The summed E-state index contributed by atoms with van der Waals surface area (Å²) in [6.45, 7) is 6.59. The molecule has 3 aromatic rings. The molecule has 0 amide bonds. The molecule has 0 aliphatic rings. The van der Waals surface area contributed by atoms with Crippen molar-refractivity contribution in [2.24, 2.45) is 0 Å². The van der Waals surface area contributed by atoms with Gasteiger partial charge in [-0.1, -0.05) is 108 Å². The number of carbonyl (C=O) groups excluding carboxylic acids is 1. The summed E-state index contributed by atoms with van der Waals surface area (Å²) in [6.07, 6.45) is 18.9. The van der Waals surface area contributed by atoms with E-state index in [2.05, 4.69) is 48.1 Å². The number of benzene rings is 2. The lowest BCUT2D eigenvalue weighted by molar-refractivity contribution is -0.149. The van der Waals surface area contributed by atoms with Gasteiger partial charge in [0.25, 0.3) is 0 Å². The van der Waals surface area contributed by atoms with Crippen molar-refractivity contribution in [3.05, 3.63) is 66.5 Å². The van der Waals surface area contributed by atoms with E-state index >= 15 is 0 Å². The predicted molar refractivity (Wildman–Crippen MR) is 164 cm³/mol. The van der Waals surface area contributed by atoms with E-state index in [1.165, 1.54) is 56.9 Å². The molecule has 0 spiro atoms. The fraction of sp³-hybridized carbons (Fsp3) is 0.514. The van der Waals surface area contributed by atoms with E-state index in [1.54, 1.807) is 0 Å². The van der Waals surface area contributed by atoms with Crippen LogP contribution in [0.3, 0.4) is 0 Å². The van der Waals surface area contributed by atoms with E-state index in [0.29, 0.717) is 13.0 Å². The molecule has 3 rings (SSSR count). The molecule has 1 unspecified atom stereocenters. The van der Waals surface area contributed by atoms with Crippen LogP contribution in [0.2, 0.25) is 0 Å². The lowest BCUT2D eigenvalue weighted by Gasteiger charge is -2.14. The quantitative estimate of drug-likeness (QED) is 0.111. The normalized spacial score (nSPS) is 11.8. The summed E-state index contributed by atoms with van der Waals surface area (Å²) in [4.78, 5) is 21.1. The Balaban J connectivity index is 1.41. The zero-order valence-electron chi connectivity index (χ0n) is 24.9. The van der Waals surface area contributed by atoms with E-state index in [4.69, 9.17) is 9.47 Å². The van der Waals surface area contributed by atoms with Gasteiger partial charge in [-0.05, 0) is 55.0 Å². The summed E-state index contributed by atoms with van der Waals surface area (Å²) in [6, 6.07) is 16.3. The van der Waals surface area contributed by atoms with Gasteiger partial charge in [0, 0.05) is 24.4 Å². The average molecular weight is 545 g/mol. The first-order valence-corrected chi connectivity index (χ1v) is 15.4. The second-order valence-electron chi connectivity index (χ2n) is 10.8. The molecule has 1 heterocycles. The van der Waals surface area contributed by atoms with Gasteiger partial charge in [-0.25, -0.2) is 9.97 Å². The van der Waals surface area contributed by atoms with Gasteiger partial charge in [0.1, 0.15) is 18.5 Å². The number of nitrogens with zero attached hydrogens (tertiary/aromatic N) is 2. The molecule has 0 saturated heterocycles. The molecule has 1 aromatic heterocycles.